The van der Waals surface area contributed by atoms with Crippen molar-refractivity contribution in [1.29, 1.82) is 0 Å². The lowest BCUT2D eigenvalue weighted by molar-refractivity contribution is -0.143. The van der Waals surface area contributed by atoms with Crippen LogP contribution < -0.4 is 5.32 Å². The van der Waals surface area contributed by atoms with E-state index in [-0.39, 0.29) is 12.5 Å². The van der Waals surface area contributed by atoms with Gasteiger partial charge in [0, 0.05) is 23.7 Å². The minimum Gasteiger partial charge on any atom is -0.481 e. The van der Waals surface area contributed by atoms with Crippen LogP contribution in [0.15, 0.2) is 48.0 Å². The number of carboxylic acid groups (broad SMARTS) is 1. The highest BCUT2D eigenvalue weighted by Gasteiger charge is 2.39. The maximum absolute atomic E-state index is 12.6. The summed E-state index contributed by atoms with van der Waals surface area (Å²) in [7, 11) is 0. The summed E-state index contributed by atoms with van der Waals surface area (Å²) in [6.45, 7) is 3.74. The number of H-pyrrole nitrogens is 1. The first-order valence-electron chi connectivity index (χ1n) is 8.64. The fourth-order valence-electron chi connectivity index (χ4n) is 3.03. The number of nitrogens with one attached hydrogen (secondary N) is 2. The summed E-state index contributed by atoms with van der Waals surface area (Å²) >= 11 is 1.54. The normalized spacial score (nSPS) is 13.1. The number of carboxylic acids is 1. The third-order valence-electron chi connectivity index (χ3n) is 4.73. The first-order chi connectivity index (χ1) is 13.0. The van der Waals surface area contributed by atoms with Crippen LogP contribution >= 0.6 is 11.3 Å². The number of nitrogens with zero attached hydrogens (tertiary/aromatic N) is 1. The molecular weight excluding hydrogens is 362 g/mol. The molecule has 1 atom stereocenters. The van der Waals surface area contributed by atoms with Gasteiger partial charge in [-0.05, 0) is 25.0 Å². The molecule has 6 nitrogen and oxygen atoms in total. The molecular formula is C20H21N3O3S. The SMILES string of the molecule is CCC(CNC(=O)c1cc(-c2csc(C)n2)c[nH]1)(C(=O)O)c1ccccc1. The molecule has 27 heavy (non-hydrogen) atoms. The van der Waals surface area contributed by atoms with Gasteiger partial charge in [0.25, 0.3) is 5.91 Å². The highest BCUT2D eigenvalue weighted by Crippen LogP contribution is 2.28. The molecule has 3 aromatic rings. The van der Waals surface area contributed by atoms with Crippen LogP contribution in [-0.2, 0) is 10.2 Å². The Balaban J connectivity index is 1.77. The average Bonchev–Trinajstić information content (AvgIpc) is 3.32. The van der Waals surface area contributed by atoms with Gasteiger partial charge in [-0.2, -0.15) is 0 Å². The van der Waals surface area contributed by atoms with E-state index in [2.05, 4.69) is 15.3 Å². The van der Waals surface area contributed by atoms with Crippen LogP contribution in [0.5, 0.6) is 0 Å². The fraction of sp³-hybridized carbons (Fsp3) is 0.250. The molecule has 0 aliphatic rings. The Bertz CT molecular complexity index is 948. The van der Waals surface area contributed by atoms with Gasteiger partial charge >= 0.3 is 5.97 Å². The van der Waals surface area contributed by atoms with Crippen LogP contribution in [0.3, 0.4) is 0 Å². The van der Waals surface area contributed by atoms with Crippen LogP contribution in [-0.4, -0.2) is 33.5 Å². The third kappa shape index (κ3) is 3.78. The summed E-state index contributed by atoms with van der Waals surface area (Å²) in [6.07, 6.45) is 2.09. The summed E-state index contributed by atoms with van der Waals surface area (Å²) in [5, 5.41) is 15.5. The zero-order chi connectivity index (χ0) is 19.4. The predicted molar refractivity (Wildman–Crippen MR) is 105 cm³/mol. The monoisotopic (exact) mass is 383 g/mol. The third-order valence-corrected chi connectivity index (χ3v) is 5.51. The van der Waals surface area contributed by atoms with Crippen molar-refractivity contribution in [3.05, 3.63) is 64.2 Å². The molecule has 3 rings (SSSR count). The molecule has 1 aromatic carbocycles. The molecule has 2 heterocycles. The molecule has 1 unspecified atom stereocenters. The second-order valence-electron chi connectivity index (χ2n) is 6.34. The maximum Gasteiger partial charge on any atom is 0.315 e. The minimum atomic E-state index is -1.17. The van der Waals surface area contributed by atoms with Crippen molar-refractivity contribution in [2.75, 3.05) is 6.54 Å². The number of hydrogen-bond acceptors (Lipinski definition) is 4. The molecule has 0 fully saturated rings. The van der Waals surface area contributed by atoms with Crippen molar-refractivity contribution in [2.45, 2.75) is 25.7 Å². The van der Waals surface area contributed by atoms with Gasteiger partial charge in [-0.3, -0.25) is 9.59 Å². The maximum atomic E-state index is 12.6. The Morgan fingerprint density at radius 2 is 2.04 bits per heavy atom. The number of carbonyl (C=O) groups is 2. The first kappa shape index (κ1) is 18.8. The van der Waals surface area contributed by atoms with Gasteiger partial charge in [-0.15, -0.1) is 11.3 Å². The van der Waals surface area contributed by atoms with E-state index in [1.54, 1.807) is 47.9 Å². The number of aryl methyl sites for hydroxylation is 1. The zero-order valence-electron chi connectivity index (χ0n) is 15.2. The number of aliphatic carboxylic acids is 1. The number of hydrogen-bond donors (Lipinski definition) is 3. The molecule has 2 aromatic heterocycles. The van der Waals surface area contributed by atoms with Gasteiger partial charge < -0.3 is 15.4 Å². The molecule has 0 spiro atoms. The van der Waals surface area contributed by atoms with Crippen molar-refractivity contribution in [2.24, 2.45) is 0 Å². The molecule has 140 valence electrons. The Labute approximate surface area is 161 Å². The second kappa shape index (κ2) is 7.75. The van der Waals surface area contributed by atoms with E-state index in [0.29, 0.717) is 17.7 Å². The number of carbonyl (C=O) groups excluding carboxylic acids is 1. The van der Waals surface area contributed by atoms with Gasteiger partial charge in [0.15, 0.2) is 0 Å². The van der Waals surface area contributed by atoms with Crippen LogP contribution in [0, 0.1) is 6.92 Å². The minimum absolute atomic E-state index is 0.00580. The molecule has 0 bridgehead atoms. The summed E-state index contributed by atoms with van der Waals surface area (Å²) in [4.78, 5) is 31.9. The molecule has 3 N–H and O–H groups in total. The second-order valence-corrected chi connectivity index (χ2v) is 7.41. The molecule has 0 aliphatic carbocycles. The molecule has 0 saturated heterocycles. The van der Waals surface area contributed by atoms with Gasteiger partial charge in [0.2, 0.25) is 0 Å². The van der Waals surface area contributed by atoms with Crippen molar-refractivity contribution in [1.82, 2.24) is 15.3 Å². The van der Waals surface area contributed by atoms with E-state index in [1.807, 2.05) is 25.3 Å². The Kier molecular flexibility index (Phi) is 5.41. The summed E-state index contributed by atoms with van der Waals surface area (Å²) in [5.74, 6) is -1.30. The van der Waals surface area contributed by atoms with Crippen LogP contribution in [0.4, 0.5) is 0 Å². The number of rotatable bonds is 7. The summed E-state index contributed by atoms with van der Waals surface area (Å²) in [5.41, 5.74) is 1.51. The molecule has 0 aliphatic heterocycles. The van der Waals surface area contributed by atoms with E-state index in [1.165, 1.54) is 0 Å². The van der Waals surface area contributed by atoms with E-state index in [0.717, 1.165) is 16.3 Å². The van der Waals surface area contributed by atoms with Gasteiger partial charge in [0.1, 0.15) is 11.1 Å². The van der Waals surface area contributed by atoms with Gasteiger partial charge in [-0.1, -0.05) is 37.3 Å². The zero-order valence-corrected chi connectivity index (χ0v) is 16.0. The average molecular weight is 383 g/mol. The standard InChI is InChI=1S/C20H21N3O3S/c1-3-20(19(25)26,15-7-5-4-6-8-15)12-22-18(24)16-9-14(10-21-16)17-11-27-13(2)23-17/h4-11,21H,3,12H2,1-2H3,(H,22,24)(H,25,26). The highest BCUT2D eigenvalue weighted by atomic mass is 32.1. The summed E-state index contributed by atoms with van der Waals surface area (Å²) in [6, 6.07) is 10.7. The molecule has 0 radical (unpaired) electrons. The quantitative estimate of drug-likeness (QED) is 0.581. The Morgan fingerprint density at radius 3 is 2.63 bits per heavy atom. The van der Waals surface area contributed by atoms with E-state index < -0.39 is 11.4 Å². The van der Waals surface area contributed by atoms with Crippen molar-refractivity contribution in [3.63, 3.8) is 0 Å². The van der Waals surface area contributed by atoms with Gasteiger partial charge in [-0.25, -0.2) is 4.98 Å². The lowest BCUT2D eigenvalue weighted by Crippen LogP contribution is -2.46. The largest absolute Gasteiger partial charge is 0.481 e. The van der Waals surface area contributed by atoms with E-state index >= 15 is 0 Å². The topological polar surface area (TPSA) is 95.1 Å². The number of aromatic nitrogens is 2. The lowest BCUT2D eigenvalue weighted by Gasteiger charge is -2.29. The van der Waals surface area contributed by atoms with E-state index in [4.69, 9.17) is 0 Å². The van der Waals surface area contributed by atoms with Crippen LogP contribution in [0.25, 0.3) is 11.3 Å². The van der Waals surface area contributed by atoms with Crippen molar-refractivity contribution in [3.8, 4) is 11.3 Å². The fourth-order valence-corrected chi connectivity index (χ4v) is 3.66. The van der Waals surface area contributed by atoms with Crippen LogP contribution in [0.1, 0.15) is 34.4 Å². The molecule has 0 saturated carbocycles. The lowest BCUT2D eigenvalue weighted by atomic mass is 9.78. The molecule has 1 amide bonds. The van der Waals surface area contributed by atoms with Crippen molar-refractivity contribution < 1.29 is 14.7 Å². The number of amides is 1. The number of benzene rings is 1. The number of thiazole rings is 1. The van der Waals surface area contributed by atoms with Crippen LogP contribution in [0.2, 0.25) is 0 Å². The Morgan fingerprint density at radius 1 is 1.30 bits per heavy atom. The smallest absolute Gasteiger partial charge is 0.315 e. The van der Waals surface area contributed by atoms with E-state index in [9.17, 15) is 14.7 Å². The summed E-state index contributed by atoms with van der Waals surface area (Å²) < 4.78 is 0. The predicted octanol–water partition coefficient (Wildman–Crippen LogP) is 3.61. The van der Waals surface area contributed by atoms with Crippen molar-refractivity contribution >= 4 is 23.2 Å². The first-order valence-corrected chi connectivity index (χ1v) is 9.52. The van der Waals surface area contributed by atoms with Gasteiger partial charge in [0.05, 0.1) is 10.7 Å². The number of aromatic amines is 1. The highest BCUT2D eigenvalue weighted by molar-refractivity contribution is 7.09. The molecule has 7 heteroatoms. The Hall–Kier alpha value is -2.93.